The van der Waals surface area contributed by atoms with Crippen LogP contribution in [0, 0.1) is 11.3 Å². The molecule has 1 aromatic carbocycles. The van der Waals surface area contributed by atoms with Crippen molar-refractivity contribution >= 4 is 18.2 Å². The Labute approximate surface area is 242 Å². The van der Waals surface area contributed by atoms with Gasteiger partial charge in [0.15, 0.2) is 0 Å². The Morgan fingerprint density at radius 1 is 0.900 bits per heavy atom. The number of nitrogens with one attached hydrogen (secondary N) is 2. The molecule has 0 aliphatic rings. The summed E-state index contributed by atoms with van der Waals surface area (Å²) in [6.07, 6.45) is 15.6. The Morgan fingerprint density at radius 2 is 1.50 bits per heavy atom. The number of hydrogen-bond acceptors (Lipinski definition) is 4. The van der Waals surface area contributed by atoms with Gasteiger partial charge in [0.05, 0.1) is 12.5 Å². The van der Waals surface area contributed by atoms with Crippen LogP contribution in [0.1, 0.15) is 97.0 Å². The number of carbonyl (C=O) groups is 3. The molecule has 0 aliphatic heterocycles. The fourth-order valence-corrected chi connectivity index (χ4v) is 4.44. The summed E-state index contributed by atoms with van der Waals surface area (Å²) in [7, 11) is 0. The largest absolute Gasteiger partial charge is 0.354 e. The third-order valence-corrected chi connectivity index (χ3v) is 6.89. The number of nitrogens with zero attached hydrogens (tertiary/aromatic N) is 1. The highest BCUT2D eigenvalue weighted by molar-refractivity contribution is 5.89. The SMILES string of the molecule is C=CCCCCCCCCCNC(=O)[C@@H](NC(=O)[C@H](CCCC=C)CN(C=O)OCc1ccccc1)C(C)(C)C. The van der Waals surface area contributed by atoms with Gasteiger partial charge in [-0.25, -0.2) is 5.06 Å². The van der Waals surface area contributed by atoms with Crippen LogP contribution in [0.15, 0.2) is 55.6 Å². The van der Waals surface area contributed by atoms with Gasteiger partial charge in [-0.05, 0) is 49.5 Å². The van der Waals surface area contributed by atoms with E-state index in [1.54, 1.807) is 0 Å². The second-order valence-electron chi connectivity index (χ2n) is 11.5. The van der Waals surface area contributed by atoms with Gasteiger partial charge in [0.25, 0.3) is 0 Å². The molecule has 1 rings (SSSR count). The van der Waals surface area contributed by atoms with Gasteiger partial charge in [-0.15, -0.1) is 13.2 Å². The van der Waals surface area contributed by atoms with Gasteiger partial charge in [-0.2, -0.15) is 0 Å². The van der Waals surface area contributed by atoms with Crippen LogP contribution in [0.4, 0.5) is 0 Å². The molecule has 1 aromatic rings. The van der Waals surface area contributed by atoms with E-state index in [0.29, 0.717) is 19.4 Å². The zero-order valence-electron chi connectivity index (χ0n) is 25.2. The van der Waals surface area contributed by atoms with Crippen LogP contribution in [-0.2, 0) is 25.8 Å². The number of unbranched alkanes of at least 4 members (excludes halogenated alkanes) is 8. The molecule has 3 amide bonds. The average molecular weight is 556 g/mol. The van der Waals surface area contributed by atoms with Crippen molar-refractivity contribution in [2.24, 2.45) is 11.3 Å². The van der Waals surface area contributed by atoms with Gasteiger partial charge in [0.1, 0.15) is 12.6 Å². The molecule has 0 bridgehead atoms. The van der Waals surface area contributed by atoms with Crippen LogP contribution >= 0.6 is 0 Å². The van der Waals surface area contributed by atoms with Crippen molar-refractivity contribution in [1.29, 1.82) is 0 Å². The van der Waals surface area contributed by atoms with Crippen molar-refractivity contribution < 1.29 is 19.2 Å². The summed E-state index contributed by atoms with van der Waals surface area (Å²) in [6, 6.07) is 8.85. The van der Waals surface area contributed by atoms with E-state index in [1.807, 2.05) is 63.3 Å². The first kappa shape index (κ1) is 35.1. The van der Waals surface area contributed by atoms with Gasteiger partial charge >= 0.3 is 0 Å². The maximum absolute atomic E-state index is 13.4. The molecule has 0 spiro atoms. The van der Waals surface area contributed by atoms with E-state index in [9.17, 15) is 14.4 Å². The first-order valence-electron chi connectivity index (χ1n) is 14.9. The zero-order valence-corrected chi connectivity index (χ0v) is 25.2. The van der Waals surface area contributed by atoms with Gasteiger partial charge < -0.3 is 10.6 Å². The lowest BCUT2D eigenvalue weighted by molar-refractivity contribution is -0.182. The highest BCUT2D eigenvalue weighted by Crippen LogP contribution is 2.21. The Bertz CT molecular complexity index is 866. The van der Waals surface area contributed by atoms with Gasteiger partial charge in [0.2, 0.25) is 18.2 Å². The van der Waals surface area contributed by atoms with Crippen LogP contribution in [0.5, 0.6) is 0 Å². The number of amides is 3. The van der Waals surface area contributed by atoms with Crippen molar-refractivity contribution in [3.05, 3.63) is 61.2 Å². The lowest BCUT2D eigenvalue weighted by Crippen LogP contribution is -2.55. The summed E-state index contributed by atoms with van der Waals surface area (Å²) in [6.45, 7) is 14.3. The fraction of sp³-hybridized carbons (Fsp3) is 0.606. The summed E-state index contributed by atoms with van der Waals surface area (Å²) in [5.74, 6) is -0.960. The number of rotatable bonds is 23. The maximum Gasteiger partial charge on any atom is 0.243 e. The van der Waals surface area contributed by atoms with Crippen molar-refractivity contribution in [2.75, 3.05) is 13.1 Å². The standard InChI is InChI=1S/C33H53N3O4/c1-6-8-10-11-12-13-14-15-20-24-34-32(39)30(33(3,4)5)35-31(38)29(23-17-9-7-2)25-36(27-37)40-26-28-21-18-16-19-22-28/h6-7,16,18-19,21-22,27,29-30H,1-2,8-15,17,20,23-26H2,3-5H3,(H,34,39)(H,35,38)/t29-,30-/m1/s1. The Morgan fingerprint density at radius 3 is 2.10 bits per heavy atom. The minimum absolute atomic E-state index is 0.103. The molecule has 224 valence electrons. The predicted molar refractivity (Wildman–Crippen MR) is 163 cm³/mol. The molecule has 2 atom stereocenters. The minimum Gasteiger partial charge on any atom is -0.354 e. The number of hydroxylamine groups is 2. The Kier molecular flexibility index (Phi) is 18.3. The molecule has 7 heteroatoms. The van der Waals surface area contributed by atoms with Gasteiger partial charge in [-0.1, -0.05) is 95.4 Å². The van der Waals surface area contributed by atoms with Gasteiger partial charge in [0, 0.05) is 6.54 Å². The highest BCUT2D eigenvalue weighted by atomic mass is 16.7. The van der Waals surface area contributed by atoms with Crippen molar-refractivity contribution in [2.45, 2.75) is 104 Å². The van der Waals surface area contributed by atoms with E-state index in [0.717, 1.165) is 44.1 Å². The topological polar surface area (TPSA) is 87.7 Å². The van der Waals surface area contributed by atoms with E-state index < -0.39 is 17.4 Å². The summed E-state index contributed by atoms with van der Waals surface area (Å²) < 4.78 is 0. The third kappa shape index (κ3) is 15.6. The van der Waals surface area contributed by atoms with E-state index in [-0.39, 0.29) is 25.0 Å². The Balaban J connectivity index is 2.66. The van der Waals surface area contributed by atoms with E-state index >= 15 is 0 Å². The van der Waals surface area contributed by atoms with Crippen molar-refractivity contribution in [3.63, 3.8) is 0 Å². The Hall–Kier alpha value is -2.93. The molecule has 0 saturated carbocycles. The molecular formula is C33H53N3O4. The highest BCUT2D eigenvalue weighted by Gasteiger charge is 2.34. The number of benzene rings is 1. The summed E-state index contributed by atoms with van der Waals surface area (Å²) in [5.41, 5.74) is 0.445. The van der Waals surface area contributed by atoms with Crippen LogP contribution in [0.3, 0.4) is 0 Å². The second kappa shape index (κ2) is 20.9. The summed E-state index contributed by atoms with van der Waals surface area (Å²) in [4.78, 5) is 44.0. The predicted octanol–water partition coefficient (Wildman–Crippen LogP) is 6.50. The summed E-state index contributed by atoms with van der Waals surface area (Å²) in [5, 5.41) is 7.19. The molecule has 40 heavy (non-hydrogen) atoms. The van der Waals surface area contributed by atoms with Crippen LogP contribution in [0.25, 0.3) is 0 Å². The molecular weight excluding hydrogens is 502 g/mol. The third-order valence-electron chi connectivity index (χ3n) is 6.89. The molecule has 0 unspecified atom stereocenters. The van der Waals surface area contributed by atoms with Crippen molar-refractivity contribution in [3.8, 4) is 0 Å². The molecule has 0 fully saturated rings. The lowest BCUT2D eigenvalue weighted by atomic mass is 9.85. The van der Waals surface area contributed by atoms with Gasteiger partial charge in [-0.3, -0.25) is 19.2 Å². The smallest absolute Gasteiger partial charge is 0.243 e. The zero-order chi connectivity index (χ0) is 29.6. The molecule has 0 heterocycles. The first-order chi connectivity index (χ1) is 19.2. The van der Waals surface area contributed by atoms with Crippen LogP contribution in [-0.4, -0.2) is 42.4 Å². The molecule has 7 nitrogen and oxygen atoms in total. The number of allylic oxidation sites excluding steroid dienone is 2. The number of hydrogen-bond donors (Lipinski definition) is 2. The first-order valence-corrected chi connectivity index (χ1v) is 14.9. The second-order valence-corrected chi connectivity index (χ2v) is 11.5. The molecule has 0 radical (unpaired) electrons. The van der Waals surface area contributed by atoms with E-state index in [2.05, 4.69) is 23.8 Å². The van der Waals surface area contributed by atoms with E-state index in [1.165, 1.54) is 30.7 Å². The maximum atomic E-state index is 13.4. The van der Waals surface area contributed by atoms with Crippen LogP contribution < -0.4 is 10.6 Å². The quantitative estimate of drug-likeness (QED) is 0.0698. The van der Waals surface area contributed by atoms with E-state index in [4.69, 9.17) is 4.84 Å². The number of carbonyl (C=O) groups excluding carboxylic acids is 3. The van der Waals surface area contributed by atoms with Crippen LogP contribution in [0.2, 0.25) is 0 Å². The lowest BCUT2D eigenvalue weighted by Gasteiger charge is -2.32. The van der Waals surface area contributed by atoms with Crippen molar-refractivity contribution in [1.82, 2.24) is 15.7 Å². The molecule has 0 aromatic heterocycles. The monoisotopic (exact) mass is 555 g/mol. The molecule has 2 N–H and O–H groups in total. The normalized spacial score (nSPS) is 12.7. The summed E-state index contributed by atoms with van der Waals surface area (Å²) >= 11 is 0. The fourth-order valence-electron chi connectivity index (χ4n) is 4.44. The molecule has 0 aliphatic carbocycles. The molecule has 0 saturated heterocycles. The average Bonchev–Trinajstić information content (AvgIpc) is 2.93. The minimum atomic E-state index is -0.693.